The van der Waals surface area contributed by atoms with Gasteiger partial charge in [-0.1, -0.05) is 24.3 Å². The molecule has 3 aromatic rings. The number of hydrogen-bond acceptors (Lipinski definition) is 3. The average molecular weight is 385 g/mol. The number of aromatic amines is 1. The molecule has 3 atom stereocenters. The molecule has 146 valence electrons. The Morgan fingerprint density at radius 1 is 1.03 bits per heavy atom. The first kappa shape index (κ1) is 17.0. The monoisotopic (exact) mass is 385 g/mol. The molecule has 1 aliphatic carbocycles. The standard InChI is InChI=1S/C24H23N3O2/c1-26-12-14(13-27-23(28)17-5-2-3-6-18(17)24(27)29)9-19-16-7-4-8-20-22(16)15(11-25-20)10-21(19)26/h2-8,11,14,19,21,25H,9-10,12-13H2,1H3/t14-,19-,21-/m1/s1. The highest BCUT2D eigenvalue weighted by atomic mass is 16.2. The number of aromatic nitrogens is 1. The summed E-state index contributed by atoms with van der Waals surface area (Å²) in [6.07, 6.45) is 4.22. The van der Waals surface area contributed by atoms with Crippen LogP contribution in [0.4, 0.5) is 0 Å². The largest absolute Gasteiger partial charge is 0.361 e. The van der Waals surface area contributed by atoms with Crippen molar-refractivity contribution in [2.45, 2.75) is 24.8 Å². The number of rotatable bonds is 2. The van der Waals surface area contributed by atoms with E-state index in [0.717, 1.165) is 19.4 Å². The number of hydrogen-bond donors (Lipinski definition) is 1. The number of imide groups is 1. The van der Waals surface area contributed by atoms with E-state index < -0.39 is 0 Å². The van der Waals surface area contributed by atoms with Gasteiger partial charge in [0.2, 0.25) is 0 Å². The minimum absolute atomic E-state index is 0.144. The molecule has 3 heterocycles. The van der Waals surface area contributed by atoms with E-state index in [0.29, 0.717) is 29.6 Å². The van der Waals surface area contributed by atoms with Gasteiger partial charge in [0.1, 0.15) is 0 Å². The second kappa shape index (κ2) is 6.04. The summed E-state index contributed by atoms with van der Waals surface area (Å²) in [5.41, 5.74) is 5.11. The van der Waals surface area contributed by atoms with Crippen molar-refractivity contribution >= 4 is 22.7 Å². The van der Waals surface area contributed by atoms with E-state index in [2.05, 4.69) is 41.3 Å². The third-order valence-electron chi connectivity index (χ3n) is 7.13. The lowest BCUT2D eigenvalue weighted by atomic mass is 9.72. The number of fused-ring (bicyclic) bond motifs is 3. The van der Waals surface area contributed by atoms with Gasteiger partial charge in [0, 0.05) is 42.1 Å². The van der Waals surface area contributed by atoms with Gasteiger partial charge in [-0.3, -0.25) is 14.5 Å². The van der Waals surface area contributed by atoms with Crippen LogP contribution in [0.15, 0.2) is 48.7 Å². The molecule has 1 fully saturated rings. The molecule has 5 heteroatoms. The maximum Gasteiger partial charge on any atom is 0.261 e. The van der Waals surface area contributed by atoms with Crippen molar-refractivity contribution in [3.63, 3.8) is 0 Å². The zero-order chi connectivity index (χ0) is 19.7. The predicted molar refractivity (Wildman–Crippen MR) is 111 cm³/mol. The molecule has 0 radical (unpaired) electrons. The fourth-order valence-corrected chi connectivity index (χ4v) is 5.85. The van der Waals surface area contributed by atoms with E-state index in [1.54, 1.807) is 12.1 Å². The molecule has 2 amide bonds. The number of carbonyl (C=O) groups excluding carboxylic acids is 2. The highest BCUT2D eigenvalue weighted by Crippen LogP contribution is 2.44. The minimum atomic E-state index is -0.144. The average Bonchev–Trinajstić information content (AvgIpc) is 3.25. The second-order valence-corrected chi connectivity index (χ2v) is 8.77. The van der Waals surface area contributed by atoms with Crippen molar-refractivity contribution in [1.29, 1.82) is 0 Å². The van der Waals surface area contributed by atoms with Crippen molar-refractivity contribution < 1.29 is 9.59 Å². The summed E-state index contributed by atoms with van der Waals surface area (Å²) in [4.78, 5) is 33.0. The molecule has 6 rings (SSSR count). The van der Waals surface area contributed by atoms with E-state index in [1.165, 1.54) is 26.9 Å². The molecule has 3 aliphatic rings. The molecule has 2 aliphatic heterocycles. The first-order valence-electron chi connectivity index (χ1n) is 10.4. The molecule has 0 unspecified atom stereocenters. The number of likely N-dealkylation sites (tertiary alicyclic amines) is 1. The lowest BCUT2D eigenvalue weighted by Gasteiger charge is -2.46. The number of benzene rings is 2. The number of H-pyrrole nitrogens is 1. The highest BCUT2D eigenvalue weighted by Gasteiger charge is 2.42. The summed E-state index contributed by atoms with van der Waals surface area (Å²) in [6, 6.07) is 14.2. The lowest BCUT2D eigenvalue weighted by Crippen LogP contribution is -2.50. The van der Waals surface area contributed by atoms with Crippen LogP contribution in [0.3, 0.4) is 0 Å². The van der Waals surface area contributed by atoms with Crippen molar-refractivity contribution in [2.75, 3.05) is 20.1 Å². The lowest BCUT2D eigenvalue weighted by molar-refractivity contribution is 0.0539. The van der Waals surface area contributed by atoms with Crippen LogP contribution in [-0.4, -0.2) is 52.8 Å². The smallest absolute Gasteiger partial charge is 0.261 e. The van der Waals surface area contributed by atoms with E-state index in [1.807, 2.05) is 12.1 Å². The number of carbonyl (C=O) groups is 2. The Kier molecular flexibility index (Phi) is 3.54. The molecule has 0 saturated carbocycles. The zero-order valence-corrected chi connectivity index (χ0v) is 16.4. The number of nitrogens with one attached hydrogen (secondary N) is 1. The summed E-state index contributed by atoms with van der Waals surface area (Å²) in [6.45, 7) is 1.40. The number of likely N-dealkylation sites (N-methyl/N-ethyl adjacent to an activating group) is 1. The van der Waals surface area contributed by atoms with Crippen LogP contribution >= 0.6 is 0 Å². The van der Waals surface area contributed by atoms with Gasteiger partial charge in [-0.2, -0.15) is 0 Å². The second-order valence-electron chi connectivity index (χ2n) is 8.77. The number of amides is 2. The third kappa shape index (κ3) is 2.37. The van der Waals surface area contributed by atoms with Gasteiger partial charge in [-0.25, -0.2) is 0 Å². The summed E-state index contributed by atoms with van der Waals surface area (Å²) in [5.74, 6) is 0.420. The van der Waals surface area contributed by atoms with Crippen LogP contribution in [0, 0.1) is 5.92 Å². The Morgan fingerprint density at radius 3 is 2.55 bits per heavy atom. The normalized spacial score (nSPS) is 26.1. The Hall–Kier alpha value is -2.92. The summed E-state index contributed by atoms with van der Waals surface area (Å²) in [5, 5.41) is 1.38. The zero-order valence-electron chi connectivity index (χ0n) is 16.4. The quantitative estimate of drug-likeness (QED) is 0.688. The number of piperidine rings is 1. The molecule has 5 nitrogen and oxygen atoms in total. The van der Waals surface area contributed by atoms with E-state index >= 15 is 0 Å². The Morgan fingerprint density at radius 2 is 1.79 bits per heavy atom. The van der Waals surface area contributed by atoms with Crippen molar-refractivity contribution in [3.05, 3.63) is 70.9 Å². The molecule has 1 aromatic heterocycles. The van der Waals surface area contributed by atoms with Crippen LogP contribution in [0.2, 0.25) is 0 Å². The summed E-state index contributed by atoms with van der Waals surface area (Å²) < 4.78 is 0. The molecule has 0 spiro atoms. The van der Waals surface area contributed by atoms with E-state index in [9.17, 15) is 9.59 Å². The fourth-order valence-electron chi connectivity index (χ4n) is 5.85. The Labute approximate surface area is 169 Å². The van der Waals surface area contributed by atoms with Gasteiger partial charge >= 0.3 is 0 Å². The van der Waals surface area contributed by atoms with E-state index in [-0.39, 0.29) is 17.7 Å². The van der Waals surface area contributed by atoms with Crippen molar-refractivity contribution in [1.82, 2.24) is 14.8 Å². The van der Waals surface area contributed by atoms with Gasteiger partial charge < -0.3 is 9.88 Å². The fraction of sp³-hybridized carbons (Fsp3) is 0.333. The van der Waals surface area contributed by atoms with Gasteiger partial charge in [0.25, 0.3) is 11.8 Å². The van der Waals surface area contributed by atoms with Crippen molar-refractivity contribution in [2.24, 2.45) is 5.92 Å². The van der Waals surface area contributed by atoms with Crippen molar-refractivity contribution in [3.8, 4) is 0 Å². The van der Waals surface area contributed by atoms with Gasteiger partial charge in [0.05, 0.1) is 11.1 Å². The van der Waals surface area contributed by atoms with Gasteiger partial charge in [0.15, 0.2) is 0 Å². The first-order valence-corrected chi connectivity index (χ1v) is 10.4. The minimum Gasteiger partial charge on any atom is -0.361 e. The summed E-state index contributed by atoms with van der Waals surface area (Å²) >= 11 is 0. The van der Waals surface area contributed by atoms with Gasteiger partial charge in [-0.15, -0.1) is 0 Å². The van der Waals surface area contributed by atoms with Crippen LogP contribution in [0.25, 0.3) is 10.9 Å². The molecule has 2 aromatic carbocycles. The molecule has 0 bridgehead atoms. The predicted octanol–water partition coefficient (Wildman–Crippen LogP) is 3.42. The molecule has 1 N–H and O–H groups in total. The first-order chi connectivity index (χ1) is 14.1. The molecular formula is C24H23N3O2. The Balaban J connectivity index is 1.30. The van der Waals surface area contributed by atoms with E-state index in [4.69, 9.17) is 0 Å². The maximum atomic E-state index is 12.8. The maximum absolute atomic E-state index is 12.8. The summed E-state index contributed by atoms with van der Waals surface area (Å²) in [7, 11) is 2.18. The van der Waals surface area contributed by atoms with Crippen LogP contribution in [0.1, 0.15) is 44.2 Å². The molecule has 1 saturated heterocycles. The highest BCUT2D eigenvalue weighted by molar-refractivity contribution is 6.21. The Bertz CT molecular complexity index is 1130. The third-order valence-corrected chi connectivity index (χ3v) is 7.13. The number of nitrogens with zero attached hydrogens (tertiary/aromatic N) is 2. The molecular weight excluding hydrogens is 362 g/mol. The van der Waals surface area contributed by atoms with Gasteiger partial charge in [-0.05, 0) is 55.1 Å². The topological polar surface area (TPSA) is 56.4 Å². The van der Waals surface area contributed by atoms with Crippen LogP contribution < -0.4 is 0 Å². The van der Waals surface area contributed by atoms with Crippen LogP contribution in [0.5, 0.6) is 0 Å². The van der Waals surface area contributed by atoms with Crippen LogP contribution in [-0.2, 0) is 6.42 Å². The SMILES string of the molecule is CN1C[C@H](CN2C(=O)c3ccccc3C2=O)C[C@@H]2c3cccc4[nH]cc(c34)C[C@H]21. The molecule has 29 heavy (non-hydrogen) atoms.